The molecule has 0 radical (unpaired) electrons. The van der Waals surface area contributed by atoms with E-state index in [1.54, 1.807) is 12.1 Å². The molecule has 0 aliphatic rings. The van der Waals surface area contributed by atoms with E-state index < -0.39 is 0 Å². The summed E-state index contributed by atoms with van der Waals surface area (Å²) in [6.07, 6.45) is 2.88. The summed E-state index contributed by atoms with van der Waals surface area (Å²) < 4.78 is 0. The van der Waals surface area contributed by atoms with Crippen molar-refractivity contribution >= 4 is 45.5 Å². The molecule has 0 spiro atoms. The van der Waals surface area contributed by atoms with Crippen molar-refractivity contribution in [2.24, 2.45) is 5.92 Å². The molecule has 0 amide bonds. The number of hydrogen-bond acceptors (Lipinski definition) is 4. The number of anilines is 2. The molecule has 6 heteroatoms. The maximum absolute atomic E-state index is 9.96. The van der Waals surface area contributed by atoms with E-state index in [-0.39, 0.29) is 15.8 Å². The lowest BCUT2D eigenvalue weighted by atomic mass is 9.97. The van der Waals surface area contributed by atoms with E-state index in [1.807, 2.05) is 18.3 Å². The minimum atomic E-state index is -0.103. The van der Waals surface area contributed by atoms with Crippen molar-refractivity contribution in [1.29, 1.82) is 0 Å². The zero-order valence-corrected chi connectivity index (χ0v) is 21.4. The number of pyridine rings is 1. The highest BCUT2D eigenvalue weighted by Gasteiger charge is 2.14. The lowest BCUT2D eigenvalue weighted by Gasteiger charge is -2.18. The molecule has 2 N–H and O–H groups in total. The number of nitrogens with one attached hydrogen (secondary N) is 1. The van der Waals surface area contributed by atoms with Gasteiger partial charge in [-0.25, -0.2) is 0 Å². The fourth-order valence-corrected chi connectivity index (χ4v) is 4.58. The van der Waals surface area contributed by atoms with E-state index in [0.717, 1.165) is 46.4 Å². The van der Waals surface area contributed by atoms with Gasteiger partial charge in [0.25, 0.3) is 0 Å². The van der Waals surface area contributed by atoms with Crippen LogP contribution in [0.2, 0.25) is 10.0 Å². The van der Waals surface area contributed by atoms with Crippen molar-refractivity contribution in [3.8, 4) is 16.9 Å². The summed E-state index contributed by atoms with van der Waals surface area (Å²) >= 11 is 12.4. The predicted octanol–water partition coefficient (Wildman–Crippen LogP) is 7.92. The van der Waals surface area contributed by atoms with Crippen LogP contribution in [0.15, 0.2) is 60.8 Å². The van der Waals surface area contributed by atoms with Gasteiger partial charge in [-0.1, -0.05) is 55.2 Å². The van der Waals surface area contributed by atoms with Crippen molar-refractivity contribution in [2.75, 3.05) is 19.4 Å². The monoisotopic (exact) mass is 493 g/mol. The van der Waals surface area contributed by atoms with Gasteiger partial charge in [-0.05, 0) is 85.1 Å². The summed E-state index contributed by atoms with van der Waals surface area (Å²) in [4.78, 5) is 6.89. The van der Waals surface area contributed by atoms with Crippen LogP contribution in [0.1, 0.15) is 25.0 Å². The highest BCUT2D eigenvalue weighted by Crippen LogP contribution is 2.38. The second-order valence-corrected chi connectivity index (χ2v) is 10.2. The number of phenols is 1. The summed E-state index contributed by atoms with van der Waals surface area (Å²) in [5.41, 5.74) is 7.20. The first-order chi connectivity index (χ1) is 16.2. The van der Waals surface area contributed by atoms with Crippen LogP contribution in [0.4, 0.5) is 11.4 Å². The minimum absolute atomic E-state index is 0.103. The van der Waals surface area contributed by atoms with Crippen LogP contribution in [-0.2, 0) is 13.0 Å². The SMILES string of the molecule is CC(C)Cc1cnc2ccc(-c3cc(Cl)c(O)c(Cl)c3)cc2c1Nc1ccc(CN(C)C)cc1. The van der Waals surface area contributed by atoms with E-state index in [4.69, 9.17) is 28.2 Å². The van der Waals surface area contributed by atoms with Gasteiger partial charge in [0.2, 0.25) is 0 Å². The Balaban J connectivity index is 1.81. The molecule has 4 rings (SSSR count). The molecule has 3 aromatic carbocycles. The van der Waals surface area contributed by atoms with Crippen molar-refractivity contribution in [2.45, 2.75) is 26.8 Å². The third-order valence-electron chi connectivity index (χ3n) is 5.65. The number of rotatable bonds is 7. The van der Waals surface area contributed by atoms with Crippen LogP contribution in [0.5, 0.6) is 5.75 Å². The topological polar surface area (TPSA) is 48.4 Å². The average Bonchev–Trinajstić information content (AvgIpc) is 2.79. The van der Waals surface area contributed by atoms with Crippen LogP contribution in [0, 0.1) is 5.92 Å². The summed E-state index contributed by atoms with van der Waals surface area (Å²) in [6.45, 7) is 5.32. The first-order valence-corrected chi connectivity index (χ1v) is 12.1. The molecule has 0 saturated carbocycles. The molecule has 0 saturated heterocycles. The fourth-order valence-electron chi connectivity index (χ4n) is 4.09. The van der Waals surface area contributed by atoms with Crippen LogP contribution in [0.3, 0.4) is 0 Å². The van der Waals surface area contributed by atoms with E-state index >= 15 is 0 Å². The Labute approximate surface area is 211 Å². The Morgan fingerprint density at radius 3 is 2.24 bits per heavy atom. The van der Waals surface area contributed by atoms with Crippen LogP contribution < -0.4 is 5.32 Å². The highest BCUT2D eigenvalue weighted by atomic mass is 35.5. The smallest absolute Gasteiger partial charge is 0.152 e. The van der Waals surface area contributed by atoms with Crippen molar-refractivity contribution in [3.05, 3.63) is 82.0 Å². The number of nitrogens with zero attached hydrogens (tertiary/aromatic N) is 2. The fraction of sp³-hybridized carbons (Fsp3) is 0.250. The summed E-state index contributed by atoms with van der Waals surface area (Å²) in [7, 11) is 4.14. The summed E-state index contributed by atoms with van der Waals surface area (Å²) in [5.74, 6) is 0.383. The zero-order chi connectivity index (χ0) is 24.4. The molecule has 34 heavy (non-hydrogen) atoms. The number of phenolic OH excluding ortho intramolecular Hbond substituents is 1. The molecule has 0 aliphatic heterocycles. The Kier molecular flexibility index (Phi) is 7.32. The molecule has 176 valence electrons. The zero-order valence-electron chi connectivity index (χ0n) is 19.9. The highest BCUT2D eigenvalue weighted by molar-refractivity contribution is 6.37. The van der Waals surface area contributed by atoms with Crippen molar-refractivity contribution in [3.63, 3.8) is 0 Å². The summed E-state index contributed by atoms with van der Waals surface area (Å²) in [6, 6.07) is 18.1. The molecule has 0 fully saturated rings. The van der Waals surface area contributed by atoms with Gasteiger partial charge >= 0.3 is 0 Å². The standard InChI is InChI=1S/C28H29Cl2N3O/c1-17(2)11-21-15-31-26-10-7-19(20-13-24(29)28(34)25(30)14-20)12-23(26)27(21)32-22-8-5-18(6-9-22)16-33(3)4/h5-10,12-15,17,34H,11,16H2,1-4H3,(H,31,32). The molecule has 0 atom stereocenters. The number of halogens is 2. The molecule has 0 bridgehead atoms. The maximum atomic E-state index is 9.96. The third-order valence-corrected chi connectivity index (χ3v) is 6.22. The molecule has 0 unspecified atom stereocenters. The number of hydrogen-bond donors (Lipinski definition) is 2. The van der Waals surface area contributed by atoms with Gasteiger partial charge in [-0.2, -0.15) is 0 Å². The van der Waals surface area contributed by atoms with Gasteiger partial charge in [0, 0.05) is 23.8 Å². The maximum Gasteiger partial charge on any atom is 0.152 e. The molecule has 4 aromatic rings. The Bertz CT molecular complexity index is 1290. The summed E-state index contributed by atoms with van der Waals surface area (Å²) in [5, 5.41) is 15.1. The van der Waals surface area contributed by atoms with Gasteiger partial charge in [-0.3, -0.25) is 4.98 Å². The van der Waals surface area contributed by atoms with Crippen LogP contribution in [-0.4, -0.2) is 29.1 Å². The van der Waals surface area contributed by atoms with E-state index in [2.05, 4.69) is 68.5 Å². The first kappa shape index (κ1) is 24.3. The number of aromatic nitrogens is 1. The largest absolute Gasteiger partial charge is 0.505 e. The third kappa shape index (κ3) is 5.47. The van der Waals surface area contributed by atoms with Crippen molar-refractivity contribution in [1.82, 2.24) is 9.88 Å². The predicted molar refractivity (Wildman–Crippen MR) is 145 cm³/mol. The second kappa shape index (κ2) is 10.2. The minimum Gasteiger partial charge on any atom is -0.505 e. The molecular weight excluding hydrogens is 465 g/mol. The normalized spacial score (nSPS) is 11.5. The molecule has 1 aromatic heterocycles. The van der Waals surface area contributed by atoms with E-state index in [9.17, 15) is 5.11 Å². The van der Waals surface area contributed by atoms with Crippen molar-refractivity contribution < 1.29 is 5.11 Å². The lowest BCUT2D eigenvalue weighted by molar-refractivity contribution is 0.402. The molecule has 4 nitrogen and oxygen atoms in total. The van der Waals surface area contributed by atoms with E-state index in [0.29, 0.717) is 5.92 Å². The lowest BCUT2D eigenvalue weighted by Crippen LogP contribution is -2.10. The van der Waals surface area contributed by atoms with Gasteiger partial charge in [0.05, 0.1) is 21.2 Å². The first-order valence-electron chi connectivity index (χ1n) is 11.3. The van der Waals surface area contributed by atoms with Gasteiger partial charge < -0.3 is 15.3 Å². The van der Waals surface area contributed by atoms with Gasteiger partial charge in [0.15, 0.2) is 5.75 Å². The number of aromatic hydroxyl groups is 1. The average molecular weight is 494 g/mol. The number of fused-ring (bicyclic) bond motifs is 1. The van der Waals surface area contributed by atoms with E-state index in [1.165, 1.54) is 11.1 Å². The Morgan fingerprint density at radius 2 is 1.62 bits per heavy atom. The molecule has 0 aliphatic carbocycles. The van der Waals surface area contributed by atoms with Crippen LogP contribution >= 0.6 is 23.2 Å². The molecular formula is C28H29Cl2N3O. The van der Waals surface area contributed by atoms with Gasteiger partial charge in [0.1, 0.15) is 0 Å². The van der Waals surface area contributed by atoms with Crippen LogP contribution in [0.25, 0.3) is 22.0 Å². The second-order valence-electron chi connectivity index (χ2n) is 9.34. The number of benzene rings is 3. The quantitative estimate of drug-likeness (QED) is 0.274. The van der Waals surface area contributed by atoms with Gasteiger partial charge in [-0.15, -0.1) is 0 Å². The molecule has 1 heterocycles. The Morgan fingerprint density at radius 1 is 0.941 bits per heavy atom. The Hall–Kier alpha value is -2.79.